The third kappa shape index (κ3) is 2.72. The van der Waals surface area contributed by atoms with E-state index in [0.29, 0.717) is 22.5 Å². The van der Waals surface area contributed by atoms with Crippen molar-refractivity contribution in [2.45, 2.75) is 26.2 Å². The SMILES string of the molecule is Cc1cc(Cl)c(OCC2CCC2)c(-c2cnn(C)c2N)c1. The fourth-order valence-corrected chi connectivity index (χ4v) is 2.92. The summed E-state index contributed by atoms with van der Waals surface area (Å²) in [6, 6.07) is 3.98. The number of ether oxygens (including phenoxy) is 1. The molecule has 0 unspecified atom stereocenters. The van der Waals surface area contributed by atoms with Gasteiger partial charge in [-0.25, -0.2) is 0 Å². The molecule has 0 spiro atoms. The van der Waals surface area contributed by atoms with Crippen molar-refractivity contribution >= 4 is 17.4 Å². The molecule has 4 nitrogen and oxygen atoms in total. The second-order valence-corrected chi connectivity index (χ2v) is 6.21. The van der Waals surface area contributed by atoms with Gasteiger partial charge in [0.25, 0.3) is 0 Å². The van der Waals surface area contributed by atoms with E-state index in [0.717, 1.165) is 23.3 Å². The molecule has 3 rings (SSSR count). The van der Waals surface area contributed by atoms with Gasteiger partial charge in [0, 0.05) is 18.2 Å². The molecule has 0 radical (unpaired) electrons. The van der Waals surface area contributed by atoms with Crippen LogP contribution in [0, 0.1) is 12.8 Å². The molecule has 1 saturated carbocycles. The molecule has 1 heterocycles. The Morgan fingerprint density at radius 2 is 2.14 bits per heavy atom. The van der Waals surface area contributed by atoms with E-state index in [4.69, 9.17) is 22.1 Å². The van der Waals surface area contributed by atoms with Crippen LogP contribution in [-0.4, -0.2) is 16.4 Å². The summed E-state index contributed by atoms with van der Waals surface area (Å²) in [6.07, 6.45) is 5.55. The lowest BCUT2D eigenvalue weighted by molar-refractivity contribution is 0.181. The maximum Gasteiger partial charge on any atom is 0.145 e. The summed E-state index contributed by atoms with van der Waals surface area (Å²) in [5, 5.41) is 4.84. The zero-order valence-corrected chi connectivity index (χ0v) is 13.2. The average molecular weight is 306 g/mol. The van der Waals surface area contributed by atoms with E-state index in [-0.39, 0.29) is 0 Å². The van der Waals surface area contributed by atoms with E-state index in [2.05, 4.69) is 11.2 Å². The van der Waals surface area contributed by atoms with Crippen LogP contribution >= 0.6 is 11.6 Å². The monoisotopic (exact) mass is 305 g/mol. The number of aryl methyl sites for hydroxylation is 2. The number of hydrogen-bond donors (Lipinski definition) is 1. The number of hydrogen-bond acceptors (Lipinski definition) is 3. The largest absolute Gasteiger partial charge is 0.491 e. The molecular formula is C16H20ClN3O. The highest BCUT2D eigenvalue weighted by molar-refractivity contribution is 6.32. The van der Waals surface area contributed by atoms with Crippen molar-refractivity contribution in [1.82, 2.24) is 9.78 Å². The van der Waals surface area contributed by atoms with Gasteiger partial charge in [0.2, 0.25) is 0 Å². The quantitative estimate of drug-likeness (QED) is 0.934. The van der Waals surface area contributed by atoms with Crippen LogP contribution in [-0.2, 0) is 7.05 Å². The second-order valence-electron chi connectivity index (χ2n) is 5.80. The lowest BCUT2D eigenvalue weighted by atomic mass is 9.86. The summed E-state index contributed by atoms with van der Waals surface area (Å²) in [4.78, 5) is 0. The summed E-state index contributed by atoms with van der Waals surface area (Å²) in [7, 11) is 1.82. The Morgan fingerprint density at radius 3 is 2.71 bits per heavy atom. The third-order valence-electron chi connectivity index (χ3n) is 4.15. The van der Waals surface area contributed by atoms with Gasteiger partial charge in [-0.1, -0.05) is 18.0 Å². The molecule has 2 N–H and O–H groups in total. The van der Waals surface area contributed by atoms with Crippen molar-refractivity contribution in [3.05, 3.63) is 28.9 Å². The lowest BCUT2D eigenvalue weighted by Gasteiger charge is -2.26. The van der Waals surface area contributed by atoms with Crippen LogP contribution < -0.4 is 10.5 Å². The van der Waals surface area contributed by atoms with E-state index in [9.17, 15) is 0 Å². The molecule has 1 aromatic carbocycles. The second kappa shape index (κ2) is 5.60. The number of halogens is 1. The van der Waals surface area contributed by atoms with Crippen LogP contribution in [0.3, 0.4) is 0 Å². The number of nitrogen functional groups attached to an aromatic ring is 1. The molecule has 0 aliphatic heterocycles. The van der Waals surface area contributed by atoms with Gasteiger partial charge >= 0.3 is 0 Å². The van der Waals surface area contributed by atoms with Crippen LogP contribution in [0.4, 0.5) is 5.82 Å². The first-order chi connectivity index (χ1) is 10.1. The van der Waals surface area contributed by atoms with Crippen molar-refractivity contribution in [3.8, 4) is 16.9 Å². The normalized spacial score (nSPS) is 15.0. The van der Waals surface area contributed by atoms with E-state index in [1.165, 1.54) is 19.3 Å². The molecule has 21 heavy (non-hydrogen) atoms. The zero-order chi connectivity index (χ0) is 15.0. The molecular weight excluding hydrogens is 286 g/mol. The minimum atomic E-state index is 0.616. The van der Waals surface area contributed by atoms with Crippen LogP contribution in [0.25, 0.3) is 11.1 Å². The summed E-state index contributed by atoms with van der Waals surface area (Å²) in [6.45, 7) is 2.73. The first-order valence-electron chi connectivity index (χ1n) is 7.27. The standard InChI is InChI=1S/C16H20ClN3O/c1-10-6-12(13-8-19-20(2)16(13)18)15(14(17)7-10)21-9-11-4-3-5-11/h6-8,11H,3-5,9,18H2,1-2H3. The number of nitrogens with zero attached hydrogens (tertiary/aromatic N) is 2. The molecule has 112 valence electrons. The van der Waals surface area contributed by atoms with Gasteiger partial charge in [0.1, 0.15) is 11.6 Å². The fraction of sp³-hybridized carbons (Fsp3) is 0.438. The number of benzene rings is 1. The smallest absolute Gasteiger partial charge is 0.145 e. The molecule has 1 aliphatic carbocycles. The van der Waals surface area contributed by atoms with Gasteiger partial charge in [0.05, 0.1) is 17.8 Å². The molecule has 1 aliphatic rings. The maximum absolute atomic E-state index is 6.40. The Bertz CT molecular complexity index is 662. The molecule has 2 aromatic rings. The molecule has 0 bridgehead atoms. The molecule has 1 fully saturated rings. The van der Waals surface area contributed by atoms with Gasteiger partial charge in [-0.05, 0) is 43.4 Å². The Kier molecular flexibility index (Phi) is 3.81. The molecule has 0 amide bonds. The van der Waals surface area contributed by atoms with Crippen molar-refractivity contribution < 1.29 is 4.74 Å². The molecule has 0 atom stereocenters. The van der Waals surface area contributed by atoms with Crippen molar-refractivity contribution in [1.29, 1.82) is 0 Å². The third-order valence-corrected chi connectivity index (χ3v) is 4.43. The highest BCUT2D eigenvalue weighted by atomic mass is 35.5. The number of anilines is 1. The summed E-state index contributed by atoms with van der Waals surface area (Å²) >= 11 is 6.40. The van der Waals surface area contributed by atoms with Gasteiger partial charge in [-0.2, -0.15) is 5.10 Å². The Balaban J connectivity index is 1.98. The minimum absolute atomic E-state index is 0.616. The average Bonchev–Trinajstić information content (AvgIpc) is 2.70. The predicted molar refractivity (Wildman–Crippen MR) is 85.6 cm³/mol. The van der Waals surface area contributed by atoms with Gasteiger partial charge < -0.3 is 10.5 Å². The van der Waals surface area contributed by atoms with Crippen molar-refractivity contribution in [3.63, 3.8) is 0 Å². The van der Waals surface area contributed by atoms with Crippen LogP contribution in [0.15, 0.2) is 18.3 Å². The van der Waals surface area contributed by atoms with Gasteiger partial charge in [-0.15, -0.1) is 0 Å². The van der Waals surface area contributed by atoms with E-state index >= 15 is 0 Å². The van der Waals surface area contributed by atoms with Gasteiger partial charge in [0.15, 0.2) is 0 Å². The fourth-order valence-electron chi connectivity index (χ4n) is 2.59. The zero-order valence-electron chi connectivity index (χ0n) is 12.4. The maximum atomic E-state index is 6.40. The van der Waals surface area contributed by atoms with E-state index < -0.39 is 0 Å². The van der Waals surface area contributed by atoms with Crippen LogP contribution in [0.5, 0.6) is 5.75 Å². The highest BCUT2D eigenvalue weighted by Gasteiger charge is 2.21. The van der Waals surface area contributed by atoms with Crippen molar-refractivity contribution in [2.75, 3.05) is 12.3 Å². The molecule has 1 aromatic heterocycles. The first-order valence-corrected chi connectivity index (χ1v) is 7.65. The number of rotatable bonds is 4. The number of nitrogens with two attached hydrogens (primary N) is 1. The Labute approximate surface area is 129 Å². The topological polar surface area (TPSA) is 53.1 Å². The number of aromatic nitrogens is 2. The summed E-state index contributed by atoms with van der Waals surface area (Å²) < 4.78 is 7.68. The van der Waals surface area contributed by atoms with E-state index in [1.807, 2.05) is 20.0 Å². The highest BCUT2D eigenvalue weighted by Crippen LogP contribution is 2.40. The van der Waals surface area contributed by atoms with Crippen LogP contribution in [0.2, 0.25) is 5.02 Å². The molecule has 5 heteroatoms. The van der Waals surface area contributed by atoms with Crippen LogP contribution in [0.1, 0.15) is 24.8 Å². The minimum Gasteiger partial charge on any atom is -0.491 e. The van der Waals surface area contributed by atoms with Crippen molar-refractivity contribution in [2.24, 2.45) is 13.0 Å². The molecule has 0 saturated heterocycles. The van der Waals surface area contributed by atoms with E-state index in [1.54, 1.807) is 10.9 Å². The predicted octanol–water partition coefficient (Wildman–Crippen LogP) is 3.81. The Hall–Kier alpha value is -1.68. The first kappa shape index (κ1) is 14.3. The van der Waals surface area contributed by atoms with Gasteiger partial charge in [-0.3, -0.25) is 4.68 Å². The lowest BCUT2D eigenvalue weighted by Crippen LogP contribution is -2.19. The Morgan fingerprint density at radius 1 is 1.38 bits per heavy atom. The summed E-state index contributed by atoms with van der Waals surface area (Å²) in [5.41, 5.74) is 8.97. The summed E-state index contributed by atoms with van der Waals surface area (Å²) in [5.74, 6) is 1.99.